The molecule has 0 aromatic rings. The third kappa shape index (κ3) is 2.31. The van der Waals surface area contributed by atoms with Crippen LogP contribution in [0.3, 0.4) is 0 Å². The second-order valence-electron chi connectivity index (χ2n) is 5.76. The summed E-state index contributed by atoms with van der Waals surface area (Å²) in [6.07, 6.45) is 12.3. The van der Waals surface area contributed by atoms with Gasteiger partial charge >= 0.3 is 0 Å². The zero-order chi connectivity index (χ0) is 11.7. The molecule has 4 atom stereocenters. The van der Waals surface area contributed by atoms with E-state index in [2.05, 4.69) is 52.0 Å². The molecule has 0 bridgehead atoms. The van der Waals surface area contributed by atoms with Crippen molar-refractivity contribution in [3.05, 3.63) is 35.5 Å². The lowest BCUT2D eigenvalue weighted by Crippen LogP contribution is -2.17. The van der Waals surface area contributed by atoms with Gasteiger partial charge in [-0.05, 0) is 49.0 Å². The van der Waals surface area contributed by atoms with Gasteiger partial charge in [0.25, 0.3) is 0 Å². The highest BCUT2D eigenvalue weighted by molar-refractivity contribution is 5.29. The summed E-state index contributed by atoms with van der Waals surface area (Å²) in [6, 6.07) is 0. The van der Waals surface area contributed by atoms with Crippen LogP contribution in [0, 0.1) is 23.7 Å². The lowest BCUT2D eigenvalue weighted by atomic mass is 9.76. The third-order valence-electron chi connectivity index (χ3n) is 4.49. The molecule has 0 heterocycles. The van der Waals surface area contributed by atoms with E-state index in [0.717, 1.165) is 11.8 Å². The number of rotatable bonds is 1. The molecule has 0 fully saturated rings. The van der Waals surface area contributed by atoms with Crippen molar-refractivity contribution >= 4 is 0 Å². The summed E-state index contributed by atoms with van der Waals surface area (Å²) < 4.78 is 0. The average molecular weight is 216 g/mol. The Morgan fingerprint density at radius 3 is 2.50 bits per heavy atom. The first-order valence-electron chi connectivity index (χ1n) is 6.64. The Morgan fingerprint density at radius 2 is 1.88 bits per heavy atom. The minimum absolute atomic E-state index is 0.710. The summed E-state index contributed by atoms with van der Waals surface area (Å²) in [5.74, 6) is 2.96. The van der Waals surface area contributed by atoms with Gasteiger partial charge in [0.15, 0.2) is 0 Å². The molecule has 2 aliphatic carbocycles. The van der Waals surface area contributed by atoms with Gasteiger partial charge in [-0.2, -0.15) is 0 Å². The second-order valence-corrected chi connectivity index (χ2v) is 5.76. The molecule has 88 valence electrons. The fourth-order valence-corrected chi connectivity index (χ4v) is 2.73. The molecule has 0 N–H and O–H groups in total. The fourth-order valence-electron chi connectivity index (χ4n) is 2.73. The molecule has 0 heteroatoms. The van der Waals surface area contributed by atoms with Gasteiger partial charge in [0, 0.05) is 0 Å². The van der Waals surface area contributed by atoms with Crippen LogP contribution in [0.1, 0.15) is 40.5 Å². The van der Waals surface area contributed by atoms with E-state index in [1.807, 2.05) is 0 Å². The first-order valence-corrected chi connectivity index (χ1v) is 6.64. The minimum atomic E-state index is 0.710. The van der Waals surface area contributed by atoms with E-state index in [9.17, 15) is 0 Å². The maximum atomic E-state index is 2.50. The Morgan fingerprint density at radius 1 is 1.12 bits per heavy atom. The molecule has 0 amide bonds. The van der Waals surface area contributed by atoms with E-state index >= 15 is 0 Å². The van der Waals surface area contributed by atoms with Gasteiger partial charge in [0.05, 0.1) is 0 Å². The summed E-state index contributed by atoms with van der Waals surface area (Å²) in [5.41, 5.74) is 3.17. The first kappa shape index (κ1) is 11.7. The molecule has 0 aliphatic heterocycles. The molecule has 4 unspecified atom stereocenters. The van der Waals surface area contributed by atoms with Crippen molar-refractivity contribution in [1.82, 2.24) is 0 Å². The predicted octanol–water partition coefficient (Wildman–Crippen LogP) is 4.75. The van der Waals surface area contributed by atoms with Crippen LogP contribution in [0.25, 0.3) is 0 Å². The van der Waals surface area contributed by atoms with Gasteiger partial charge in [-0.25, -0.2) is 0 Å². The van der Waals surface area contributed by atoms with Gasteiger partial charge in [-0.3, -0.25) is 0 Å². The lowest BCUT2D eigenvalue weighted by molar-refractivity contribution is 0.443. The Hall–Kier alpha value is -0.780. The molecule has 0 spiro atoms. The van der Waals surface area contributed by atoms with Crippen LogP contribution >= 0.6 is 0 Å². The number of hydrogen-bond acceptors (Lipinski definition) is 0. The maximum Gasteiger partial charge on any atom is -0.0125 e. The van der Waals surface area contributed by atoms with Gasteiger partial charge < -0.3 is 0 Å². The summed E-state index contributed by atoms with van der Waals surface area (Å²) >= 11 is 0. The minimum Gasteiger partial charge on any atom is -0.0847 e. The maximum absolute atomic E-state index is 2.50. The monoisotopic (exact) mass is 216 g/mol. The van der Waals surface area contributed by atoms with Gasteiger partial charge in [-0.1, -0.05) is 50.6 Å². The van der Waals surface area contributed by atoms with Gasteiger partial charge in [-0.15, -0.1) is 0 Å². The van der Waals surface area contributed by atoms with Crippen molar-refractivity contribution in [2.24, 2.45) is 23.7 Å². The Bertz CT molecular complexity index is 343. The largest absolute Gasteiger partial charge is 0.0847 e. The molecule has 2 aliphatic rings. The predicted molar refractivity (Wildman–Crippen MR) is 71.2 cm³/mol. The van der Waals surface area contributed by atoms with E-state index in [4.69, 9.17) is 0 Å². The number of allylic oxidation sites excluding steroid dienone is 6. The lowest BCUT2D eigenvalue weighted by Gasteiger charge is -2.30. The second kappa shape index (κ2) is 4.61. The Kier molecular flexibility index (Phi) is 3.37. The average Bonchev–Trinajstić information content (AvgIpc) is 2.26. The highest BCUT2D eigenvalue weighted by Gasteiger charge is 2.23. The van der Waals surface area contributed by atoms with Crippen LogP contribution in [0.15, 0.2) is 35.5 Å². The standard InChI is InChI=1S/C16H24/c1-11-5-7-15(9-13(11)3)16-8-6-12(2)14(4)10-16/h5-7,9,11,13-14,16H,8,10H2,1-4H3. The molecule has 2 rings (SSSR count). The molecular formula is C16H24. The van der Waals surface area contributed by atoms with Crippen LogP contribution in [0.5, 0.6) is 0 Å². The van der Waals surface area contributed by atoms with Crippen molar-refractivity contribution < 1.29 is 0 Å². The molecular weight excluding hydrogens is 192 g/mol. The molecule has 0 aromatic heterocycles. The van der Waals surface area contributed by atoms with Crippen molar-refractivity contribution in [1.29, 1.82) is 0 Å². The Labute approximate surface area is 100 Å². The van der Waals surface area contributed by atoms with Crippen LogP contribution in [0.4, 0.5) is 0 Å². The summed E-state index contributed by atoms with van der Waals surface area (Å²) in [4.78, 5) is 0. The topological polar surface area (TPSA) is 0 Å². The summed E-state index contributed by atoms with van der Waals surface area (Å²) in [7, 11) is 0. The highest BCUT2D eigenvalue weighted by atomic mass is 14.3. The normalized spacial score (nSPS) is 39.2. The van der Waals surface area contributed by atoms with E-state index in [0.29, 0.717) is 11.8 Å². The molecule has 0 saturated heterocycles. The van der Waals surface area contributed by atoms with Crippen molar-refractivity contribution in [2.75, 3.05) is 0 Å². The van der Waals surface area contributed by atoms with Crippen LogP contribution < -0.4 is 0 Å². The van der Waals surface area contributed by atoms with E-state index < -0.39 is 0 Å². The molecule has 0 radical (unpaired) electrons. The molecule has 16 heavy (non-hydrogen) atoms. The van der Waals surface area contributed by atoms with Gasteiger partial charge in [0.2, 0.25) is 0 Å². The molecule has 0 nitrogen and oxygen atoms in total. The Balaban J connectivity index is 2.10. The SMILES string of the molecule is CC1=CCC(C2=CC(C)C(C)C=C2)CC1C. The van der Waals surface area contributed by atoms with Crippen LogP contribution in [0.2, 0.25) is 0 Å². The van der Waals surface area contributed by atoms with Crippen molar-refractivity contribution in [2.45, 2.75) is 40.5 Å². The smallest absolute Gasteiger partial charge is 0.0125 e. The molecule has 0 saturated carbocycles. The van der Waals surface area contributed by atoms with Crippen molar-refractivity contribution in [3.63, 3.8) is 0 Å². The van der Waals surface area contributed by atoms with E-state index in [-0.39, 0.29) is 0 Å². The number of hydrogen-bond donors (Lipinski definition) is 0. The van der Waals surface area contributed by atoms with E-state index in [1.54, 1.807) is 11.1 Å². The zero-order valence-corrected chi connectivity index (χ0v) is 11.0. The summed E-state index contributed by atoms with van der Waals surface area (Å²) in [5, 5.41) is 0. The first-order chi connectivity index (χ1) is 7.58. The highest BCUT2D eigenvalue weighted by Crippen LogP contribution is 2.36. The third-order valence-corrected chi connectivity index (χ3v) is 4.49. The quantitative estimate of drug-likeness (QED) is 0.555. The van der Waals surface area contributed by atoms with Crippen LogP contribution in [-0.4, -0.2) is 0 Å². The van der Waals surface area contributed by atoms with E-state index in [1.165, 1.54) is 12.8 Å². The summed E-state index contributed by atoms with van der Waals surface area (Å²) in [6.45, 7) is 9.28. The zero-order valence-electron chi connectivity index (χ0n) is 11.0. The fraction of sp³-hybridized carbons (Fsp3) is 0.625. The molecule has 0 aromatic carbocycles. The van der Waals surface area contributed by atoms with Crippen molar-refractivity contribution in [3.8, 4) is 0 Å². The van der Waals surface area contributed by atoms with Gasteiger partial charge in [0.1, 0.15) is 0 Å². The van der Waals surface area contributed by atoms with Crippen LogP contribution in [-0.2, 0) is 0 Å².